The highest BCUT2D eigenvalue weighted by atomic mass is 15.3. The molecule has 1 aromatic heterocycles. The van der Waals surface area contributed by atoms with Gasteiger partial charge in [0.1, 0.15) is 0 Å². The van der Waals surface area contributed by atoms with E-state index < -0.39 is 0 Å². The van der Waals surface area contributed by atoms with Gasteiger partial charge in [0.15, 0.2) is 0 Å². The Balaban J connectivity index is 1.46. The Bertz CT molecular complexity index is 1790. The second-order valence-corrected chi connectivity index (χ2v) is 11.9. The Morgan fingerprint density at radius 1 is 0.477 bits per heavy atom. The standard InChI is InChI=1S/C40H38BN3/c1-27-23-29(3)38(30(4)24-27)41(39-31(5)25-28(2)26-32(39)6)35-15-19-37(20-16-35)44(40-42-21-10-22-43-40)36-17-13-34(14-18-36)33-11-8-7-9-12-33/h7-26H,1-6H3. The maximum Gasteiger partial charge on any atom is 0.242 e. The molecule has 0 amide bonds. The van der Waals surface area contributed by atoms with Gasteiger partial charge in [0.25, 0.3) is 0 Å². The van der Waals surface area contributed by atoms with Crippen molar-refractivity contribution in [3.05, 3.63) is 155 Å². The molecule has 44 heavy (non-hydrogen) atoms. The molecule has 0 radical (unpaired) electrons. The molecule has 0 aliphatic heterocycles. The van der Waals surface area contributed by atoms with Gasteiger partial charge in [-0.1, -0.05) is 129 Å². The van der Waals surface area contributed by atoms with Crippen molar-refractivity contribution in [3.8, 4) is 11.1 Å². The normalized spacial score (nSPS) is 11.0. The van der Waals surface area contributed by atoms with Gasteiger partial charge < -0.3 is 0 Å². The number of aryl methyl sites for hydroxylation is 6. The predicted octanol–water partition coefficient (Wildman–Crippen LogP) is 7.98. The fraction of sp³-hybridized carbons (Fsp3) is 0.150. The number of anilines is 3. The zero-order chi connectivity index (χ0) is 30.8. The van der Waals surface area contributed by atoms with Crippen LogP contribution in [-0.4, -0.2) is 16.7 Å². The van der Waals surface area contributed by atoms with Crippen LogP contribution in [0.5, 0.6) is 0 Å². The zero-order valence-electron chi connectivity index (χ0n) is 26.5. The summed E-state index contributed by atoms with van der Waals surface area (Å²) in [6, 6.07) is 39.2. The van der Waals surface area contributed by atoms with E-state index in [9.17, 15) is 0 Å². The van der Waals surface area contributed by atoms with Crippen LogP contribution in [0.3, 0.4) is 0 Å². The van der Waals surface area contributed by atoms with Crippen LogP contribution in [0.25, 0.3) is 11.1 Å². The predicted molar refractivity (Wildman–Crippen MR) is 188 cm³/mol. The van der Waals surface area contributed by atoms with Crippen molar-refractivity contribution >= 4 is 40.4 Å². The van der Waals surface area contributed by atoms with Crippen LogP contribution < -0.4 is 21.3 Å². The van der Waals surface area contributed by atoms with Gasteiger partial charge in [0, 0.05) is 23.8 Å². The molecule has 0 N–H and O–H groups in total. The van der Waals surface area contributed by atoms with Crippen molar-refractivity contribution in [1.29, 1.82) is 0 Å². The Hall–Kier alpha value is -4.96. The maximum absolute atomic E-state index is 4.64. The van der Waals surface area contributed by atoms with E-state index in [1.54, 1.807) is 12.4 Å². The minimum atomic E-state index is 0.122. The van der Waals surface area contributed by atoms with E-state index in [1.165, 1.54) is 60.9 Å². The summed E-state index contributed by atoms with van der Waals surface area (Å²) in [7, 11) is 0. The van der Waals surface area contributed by atoms with Crippen molar-refractivity contribution in [2.24, 2.45) is 0 Å². The van der Waals surface area contributed by atoms with Crippen molar-refractivity contribution in [2.75, 3.05) is 4.90 Å². The Morgan fingerprint density at radius 3 is 1.39 bits per heavy atom. The molecule has 0 spiro atoms. The first-order valence-electron chi connectivity index (χ1n) is 15.3. The monoisotopic (exact) mass is 571 g/mol. The summed E-state index contributed by atoms with van der Waals surface area (Å²) in [5, 5.41) is 0. The van der Waals surface area contributed by atoms with Crippen LogP contribution in [0.15, 0.2) is 122 Å². The summed E-state index contributed by atoms with van der Waals surface area (Å²) in [5.74, 6) is 0.639. The highest BCUT2D eigenvalue weighted by molar-refractivity contribution is 6.96. The van der Waals surface area contributed by atoms with Gasteiger partial charge in [-0.05, 0) is 83.0 Å². The molecular weight excluding hydrogens is 533 g/mol. The van der Waals surface area contributed by atoms with E-state index in [1.807, 2.05) is 12.1 Å². The van der Waals surface area contributed by atoms with Crippen LogP contribution in [0, 0.1) is 41.5 Å². The number of hydrogen-bond acceptors (Lipinski definition) is 3. The molecule has 6 aromatic rings. The second kappa shape index (κ2) is 12.3. The van der Waals surface area contributed by atoms with Gasteiger partial charge in [0.2, 0.25) is 12.7 Å². The van der Waals surface area contributed by atoms with E-state index in [4.69, 9.17) is 0 Å². The van der Waals surface area contributed by atoms with Gasteiger partial charge in [-0.15, -0.1) is 0 Å². The maximum atomic E-state index is 4.64. The summed E-state index contributed by atoms with van der Waals surface area (Å²) in [6.07, 6.45) is 3.59. The van der Waals surface area contributed by atoms with Crippen LogP contribution >= 0.6 is 0 Å². The van der Waals surface area contributed by atoms with E-state index in [0.29, 0.717) is 5.95 Å². The van der Waals surface area contributed by atoms with E-state index in [0.717, 1.165) is 11.4 Å². The van der Waals surface area contributed by atoms with Crippen LogP contribution in [-0.2, 0) is 0 Å². The third-order valence-corrected chi connectivity index (χ3v) is 8.52. The first kappa shape index (κ1) is 29.1. The van der Waals surface area contributed by atoms with Crippen molar-refractivity contribution < 1.29 is 0 Å². The van der Waals surface area contributed by atoms with Gasteiger partial charge in [-0.25, -0.2) is 9.97 Å². The molecule has 0 bridgehead atoms. The molecule has 0 atom stereocenters. The van der Waals surface area contributed by atoms with Gasteiger partial charge in [0.05, 0.1) is 0 Å². The van der Waals surface area contributed by atoms with Crippen LogP contribution in [0.1, 0.15) is 33.4 Å². The summed E-state index contributed by atoms with van der Waals surface area (Å²) >= 11 is 0. The molecule has 5 aromatic carbocycles. The van der Waals surface area contributed by atoms with E-state index in [-0.39, 0.29) is 6.71 Å². The largest absolute Gasteiger partial charge is 0.279 e. The first-order valence-corrected chi connectivity index (χ1v) is 15.3. The molecule has 3 nitrogen and oxygen atoms in total. The van der Waals surface area contributed by atoms with Crippen LogP contribution in [0.4, 0.5) is 17.3 Å². The Kier molecular flexibility index (Phi) is 8.17. The summed E-state index contributed by atoms with van der Waals surface area (Å²) in [5.41, 5.74) is 16.3. The lowest BCUT2D eigenvalue weighted by molar-refractivity contribution is 1.08. The SMILES string of the molecule is Cc1cc(C)c(B(c2ccc(N(c3ccc(-c4ccccc4)cc3)c3ncccn3)cc2)c2c(C)cc(C)cc2C)c(C)c1. The minimum Gasteiger partial charge on any atom is -0.279 e. The quantitative estimate of drug-likeness (QED) is 0.182. The highest BCUT2D eigenvalue weighted by Crippen LogP contribution is 2.33. The summed E-state index contributed by atoms with van der Waals surface area (Å²) in [6.45, 7) is 13.5. The average Bonchev–Trinajstić information content (AvgIpc) is 3.01. The third-order valence-electron chi connectivity index (χ3n) is 8.52. The molecule has 0 unspecified atom stereocenters. The second-order valence-electron chi connectivity index (χ2n) is 11.9. The lowest BCUT2D eigenvalue weighted by atomic mass is 9.34. The summed E-state index contributed by atoms with van der Waals surface area (Å²) in [4.78, 5) is 11.4. The first-order chi connectivity index (χ1) is 21.3. The molecule has 1 heterocycles. The molecule has 0 saturated carbocycles. The highest BCUT2D eigenvalue weighted by Gasteiger charge is 2.28. The number of aromatic nitrogens is 2. The Morgan fingerprint density at radius 2 is 0.909 bits per heavy atom. The van der Waals surface area contributed by atoms with Gasteiger partial charge in [-0.2, -0.15) is 0 Å². The lowest BCUT2D eigenvalue weighted by Crippen LogP contribution is -2.55. The summed E-state index contributed by atoms with van der Waals surface area (Å²) < 4.78 is 0. The molecule has 0 aliphatic carbocycles. The smallest absolute Gasteiger partial charge is 0.242 e. The minimum absolute atomic E-state index is 0.122. The number of benzene rings is 5. The molecule has 6 rings (SSSR count). The fourth-order valence-electron chi connectivity index (χ4n) is 6.81. The molecule has 0 aliphatic rings. The van der Waals surface area contributed by atoms with E-state index in [2.05, 4.69) is 153 Å². The van der Waals surface area contributed by atoms with Crippen molar-refractivity contribution in [1.82, 2.24) is 9.97 Å². The average molecular weight is 572 g/mol. The zero-order valence-corrected chi connectivity index (χ0v) is 26.5. The van der Waals surface area contributed by atoms with Gasteiger partial charge >= 0.3 is 0 Å². The van der Waals surface area contributed by atoms with E-state index >= 15 is 0 Å². The number of hydrogen-bond donors (Lipinski definition) is 0. The third kappa shape index (κ3) is 5.81. The molecule has 0 saturated heterocycles. The van der Waals surface area contributed by atoms with Crippen molar-refractivity contribution in [3.63, 3.8) is 0 Å². The molecular formula is C40H38BN3. The van der Waals surface area contributed by atoms with Crippen molar-refractivity contribution in [2.45, 2.75) is 41.5 Å². The fourth-order valence-corrected chi connectivity index (χ4v) is 6.81. The van der Waals surface area contributed by atoms with Crippen LogP contribution in [0.2, 0.25) is 0 Å². The number of rotatable bonds is 7. The Labute approximate surface area is 262 Å². The lowest BCUT2D eigenvalue weighted by Gasteiger charge is -2.26. The molecule has 216 valence electrons. The molecule has 0 fully saturated rings. The molecule has 4 heteroatoms. The number of nitrogens with zero attached hydrogens (tertiary/aromatic N) is 3. The topological polar surface area (TPSA) is 29.0 Å². The van der Waals surface area contributed by atoms with Gasteiger partial charge in [-0.3, -0.25) is 4.90 Å².